The summed E-state index contributed by atoms with van der Waals surface area (Å²) in [5.41, 5.74) is 11.7. The largest absolute Gasteiger partial charge is 0.330 e. The first kappa shape index (κ1) is 14.5. The van der Waals surface area contributed by atoms with Crippen molar-refractivity contribution in [1.82, 2.24) is 4.98 Å². The summed E-state index contributed by atoms with van der Waals surface area (Å²) in [6.45, 7) is 7.01. The minimum absolute atomic E-state index is 0.660. The maximum Gasteiger partial charge on any atom is 0.135 e. The van der Waals surface area contributed by atoms with Crippen LogP contribution >= 0.6 is 0 Å². The van der Waals surface area contributed by atoms with Crippen molar-refractivity contribution in [2.45, 2.75) is 27.2 Å². The fourth-order valence-electron chi connectivity index (χ4n) is 2.58. The van der Waals surface area contributed by atoms with Gasteiger partial charge in [0.2, 0.25) is 0 Å². The molecule has 0 spiro atoms. The number of nitrogens with zero attached hydrogens (tertiary/aromatic N) is 2. The van der Waals surface area contributed by atoms with Crippen LogP contribution in [0.5, 0.6) is 0 Å². The van der Waals surface area contributed by atoms with Crippen molar-refractivity contribution < 1.29 is 0 Å². The van der Waals surface area contributed by atoms with Gasteiger partial charge in [-0.15, -0.1) is 0 Å². The summed E-state index contributed by atoms with van der Waals surface area (Å²) in [4.78, 5) is 6.76. The molecule has 0 aliphatic rings. The van der Waals surface area contributed by atoms with Gasteiger partial charge in [0.05, 0.1) is 0 Å². The summed E-state index contributed by atoms with van der Waals surface area (Å²) in [5.74, 6) is 0.998. The zero-order valence-corrected chi connectivity index (χ0v) is 12.8. The summed E-state index contributed by atoms with van der Waals surface area (Å²) >= 11 is 0. The average molecular weight is 269 g/mol. The molecule has 0 amide bonds. The molecule has 0 radical (unpaired) electrons. The summed E-state index contributed by atoms with van der Waals surface area (Å²) in [7, 11) is 2.07. The topological polar surface area (TPSA) is 42.2 Å². The summed E-state index contributed by atoms with van der Waals surface area (Å²) in [6.07, 6.45) is 2.80. The van der Waals surface area contributed by atoms with Crippen LogP contribution in [0.3, 0.4) is 0 Å². The van der Waals surface area contributed by atoms with Crippen molar-refractivity contribution in [1.29, 1.82) is 0 Å². The maximum absolute atomic E-state index is 5.60. The number of benzene rings is 1. The van der Waals surface area contributed by atoms with Gasteiger partial charge in [-0.1, -0.05) is 23.8 Å². The number of aryl methyl sites for hydroxylation is 3. The first-order valence-corrected chi connectivity index (χ1v) is 6.99. The van der Waals surface area contributed by atoms with Gasteiger partial charge >= 0.3 is 0 Å². The van der Waals surface area contributed by atoms with Crippen molar-refractivity contribution in [2.75, 3.05) is 18.5 Å². The normalized spacial score (nSPS) is 10.7. The highest BCUT2D eigenvalue weighted by molar-refractivity contribution is 5.65. The van der Waals surface area contributed by atoms with E-state index < -0.39 is 0 Å². The molecule has 0 unspecified atom stereocenters. The van der Waals surface area contributed by atoms with E-state index in [0.717, 1.165) is 12.2 Å². The van der Waals surface area contributed by atoms with Gasteiger partial charge in [-0.05, 0) is 56.5 Å². The third-order valence-corrected chi connectivity index (χ3v) is 3.57. The average Bonchev–Trinajstić information content (AvgIpc) is 2.38. The van der Waals surface area contributed by atoms with Crippen molar-refractivity contribution in [3.8, 4) is 0 Å². The van der Waals surface area contributed by atoms with Crippen LogP contribution in [0.1, 0.15) is 22.3 Å². The van der Waals surface area contributed by atoms with Gasteiger partial charge in [-0.3, -0.25) is 0 Å². The zero-order chi connectivity index (χ0) is 14.7. The minimum atomic E-state index is 0.660. The molecule has 20 heavy (non-hydrogen) atoms. The van der Waals surface area contributed by atoms with Crippen molar-refractivity contribution in [2.24, 2.45) is 5.73 Å². The molecule has 0 saturated heterocycles. The first-order valence-electron chi connectivity index (χ1n) is 6.99. The zero-order valence-electron chi connectivity index (χ0n) is 12.8. The smallest absolute Gasteiger partial charge is 0.135 e. The molecule has 0 saturated carbocycles. The van der Waals surface area contributed by atoms with E-state index in [1.807, 2.05) is 6.20 Å². The molecule has 0 atom stereocenters. The molecule has 1 aromatic carbocycles. The van der Waals surface area contributed by atoms with Crippen LogP contribution in [0.15, 0.2) is 30.5 Å². The number of pyridine rings is 1. The Morgan fingerprint density at radius 1 is 1.10 bits per heavy atom. The molecular weight excluding hydrogens is 246 g/mol. The van der Waals surface area contributed by atoms with Gasteiger partial charge in [-0.25, -0.2) is 4.98 Å². The van der Waals surface area contributed by atoms with E-state index in [-0.39, 0.29) is 0 Å². The quantitative estimate of drug-likeness (QED) is 0.926. The number of hydrogen-bond donors (Lipinski definition) is 1. The van der Waals surface area contributed by atoms with E-state index in [1.165, 1.54) is 27.9 Å². The number of aromatic nitrogens is 1. The predicted octanol–water partition coefficient (Wildman–Crippen LogP) is 3.28. The SMILES string of the molecule is Cc1ccc(N(C)c2ncc(CCN)cc2C)c(C)c1. The first-order chi connectivity index (χ1) is 9.52. The second-order valence-corrected chi connectivity index (χ2v) is 5.37. The number of rotatable bonds is 4. The van der Waals surface area contributed by atoms with Gasteiger partial charge in [-0.2, -0.15) is 0 Å². The Labute approximate surface area is 121 Å². The highest BCUT2D eigenvalue weighted by atomic mass is 15.2. The Morgan fingerprint density at radius 3 is 2.45 bits per heavy atom. The van der Waals surface area contributed by atoms with E-state index in [4.69, 9.17) is 5.73 Å². The predicted molar refractivity (Wildman–Crippen MR) is 85.7 cm³/mol. The fourth-order valence-corrected chi connectivity index (χ4v) is 2.58. The molecule has 1 aromatic heterocycles. The highest BCUT2D eigenvalue weighted by Gasteiger charge is 2.11. The summed E-state index contributed by atoms with van der Waals surface area (Å²) in [6, 6.07) is 8.66. The molecular formula is C17H23N3. The number of hydrogen-bond acceptors (Lipinski definition) is 3. The maximum atomic E-state index is 5.60. The molecule has 2 rings (SSSR count). The van der Waals surface area contributed by atoms with Crippen molar-refractivity contribution >= 4 is 11.5 Å². The Kier molecular flexibility index (Phi) is 4.40. The number of anilines is 2. The van der Waals surface area contributed by atoms with E-state index in [2.05, 4.69) is 62.0 Å². The van der Waals surface area contributed by atoms with Crippen molar-refractivity contribution in [3.63, 3.8) is 0 Å². The lowest BCUT2D eigenvalue weighted by atomic mass is 10.1. The van der Waals surface area contributed by atoms with Gasteiger partial charge in [0.1, 0.15) is 5.82 Å². The molecule has 0 aliphatic carbocycles. The van der Waals surface area contributed by atoms with Gasteiger partial charge in [0, 0.05) is 18.9 Å². The van der Waals surface area contributed by atoms with Crippen LogP contribution in [0.25, 0.3) is 0 Å². The van der Waals surface area contributed by atoms with Gasteiger partial charge in [0.25, 0.3) is 0 Å². The van der Waals surface area contributed by atoms with Crippen LogP contribution in [0, 0.1) is 20.8 Å². The van der Waals surface area contributed by atoms with E-state index >= 15 is 0 Å². The Balaban J connectivity index is 2.35. The second-order valence-electron chi connectivity index (χ2n) is 5.37. The fraction of sp³-hybridized carbons (Fsp3) is 0.353. The third-order valence-electron chi connectivity index (χ3n) is 3.57. The minimum Gasteiger partial charge on any atom is -0.330 e. The summed E-state index contributed by atoms with van der Waals surface area (Å²) < 4.78 is 0. The van der Waals surface area contributed by atoms with Crippen molar-refractivity contribution in [3.05, 3.63) is 52.7 Å². The Morgan fingerprint density at radius 2 is 1.85 bits per heavy atom. The Hall–Kier alpha value is -1.87. The number of nitrogens with two attached hydrogens (primary N) is 1. The molecule has 2 aromatic rings. The Bertz CT molecular complexity index is 605. The molecule has 106 valence electrons. The van der Waals surface area contributed by atoms with Crippen LogP contribution in [0.2, 0.25) is 0 Å². The second kappa shape index (κ2) is 6.06. The monoisotopic (exact) mass is 269 g/mol. The highest BCUT2D eigenvalue weighted by Crippen LogP contribution is 2.28. The lowest BCUT2D eigenvalue weighted by Gasteiger charge is -2.23. The van der Waals surface area contributed by atoms with Crippen LogP contribution in [-0.4, -0.2) is 18.6 Å². The summed E-state index contributed by atoms with van der Waals surface area (Å²) in [5, 5.41) is 0. The van der Waals surface area contributed by atoms with E-state index in [1.54, 1.807) is 0 Å². The molecule has 2 N–H and O–H groups in total. The third kappa shape index (κ3) is 2.99. The molecule has 0 aliphatic heterocycles. The lowest BCUT2D eigenvalue weighted by molar-refractivity contribution is 0.950. The molecule has 3 heteroatoms. The van der Waals surface area contributed by atoms with E-state index in [9.17, 15) is 0 Å². The van der Waals surface area contributed by atoms with Gasteiger partial charge < -0.3 is 10.6 Å². The standard InChI is InChI=1S/C17H23N3/c1-12-5-6-16(13(2)9-12)20(4)17-14(3)10-15(7-8-18)11-19-17/h5-6,9-11H,7-8,18H2,1-4H3. The molecule has 1 heterocycles. The molecule has 0 bridgehead atoms. The molecule has 0 fully saturated rings. The molecule has 3 nitrogen and oxygen atoms in total. The van der Waals surface area contributed by atoms with Crippen LogP contribution in [-0.2, 0) is 6.42 Å². The van der Waals surface area contributed by atoms with E-state index in [0.29, 0.717) is 6.54 Å². The van der Waals surface area contributed by atoms with Crippen LogP contribution < -0.4 is 10.6 Å². The lowest BCUT2D eigenvalue weighted by Crippen LogP contribution is -2.14. The van der Waals surface area contributed by atoms with Gasteiger partial charge in [0.15, 0.2) is 0 Å². The van der Waals surface area contributed by atoms with Crippen LogP contribution in [0.4, 0.5) is 11.5 Å².